The van der Waals surface area contributed by atoms with Crippen LogP contribution in [0.2, 0.25) is 0 Å². The molecule has 3 rings (SSSR count). The highest BCUT2D eigenvalue weighted by molar-refractivity contribution is 9.11. The topological polar surface area (TPSA) is 41.1 Å². The number of nitrogens with one attached hydrogen (secondary N) is 2. The van der Waals surface area contributed by atoms with Crippen molar-refractivity contribution in [3.63, 3.8) is 0 Å². The van der Waals surface area contributed by atoms with E-state index in [4.69, 9.17) is 0 Å². The highest BCUT2D eigenvalue weighted by atomic mass is 79.9. The predicted molar refractivity (Wildman–Crippen MR) is 81.2 cm³/mol. The minimum atomic E-state index is 0.0245. The Balaban J connectivity index is 1.51. The molecule has 1 aliphatic heterocycles. The maximum absolute atomic E-state index is 12.2. The molecule has 3 unspecified atom stereocenters. The second-order valence-corrected chi connectivity index (χ2v) is 8.08. The second kappa shape index (κ2) is 5.94. The van der Waals surface area contributed by atoms with E-state index < -0.39 is 0 Å². The van der Waals surface area contributed by atoms with Crippen molar-refractivity contribution in [2.24, 2.45) is 5.92 Å². The Morgan fingerprint density at radius 1 is 1.42 bits per heavy atom. The van der Waals surface area contributed by atoms with Gasteiger partial charge in [0, 0.05) is 10.9 Å². The molecule has 0 bridgehead atoms. The van der Waals surface area contributed by atoms with Gasteiger partial charge in [-0.25, -0.2) is 0 Å². The van der Waals surface area contributed by atoms with Crippen LogP contribution in [0.4, 0.5) is 0 Å². The van der Waals surface area contributed by atoms with E-state index in [9.17, 15) is 4.79 Å². The fourth-order valence-electron chi connectivity index (χ4n) is 3.27. The fraction of sp³-hybridized carbons (Fsp3) is 0.643. The molecule has 3 nitrogen and oxygen atoms in total. The molecule has 0 aromatic carbocycles. The van der Waals surface area contributed by atoms with Gasteiger partial charge in [0.15, 0.2) is 0 Å². The van der Waals surface area contributed by atoms with E-state index in [1.54, 1.807) is 11.3 Å². The quantitative estimate of drug-likeness (QED) is 0.886. The number of hydrogen-bond donors (Lipinski definition) is 2. The van der Waals surface area contributed by atoms with Crippen LogP contribution in [-0.2, 0) is 11.3 Å². The van der Waals surface area contributed by atoms with Crippen LogP contribution in [0.15, 0.2) is 15.9 Å². The first-order valence-corrected chi connectivity index (χ1v) is 8.61. The van der Waals surface area contributed by atoms with Crippen molar-refractivity contribution in [3.8, 4) is 0 Å². The lowest BCUT2D eigenvalue weighted by Crippen LogP contribution is -2.42. The van der Waals surface area contributed by atoms with E-state index in [1.807, 2.05) is 6.07 Å². The number of fused-ring (bicyclic) bond motifs is 1. The number of carbonyl (C=O) groups excluding carboxylic acids is 1. The Kier molecular flexibility index (Phi) is 4.24. The Morgan fingerprint density at radius 2 is 2.26 bits per heavy atom. The average Bonchev–Trinajstić information content (AvgIpc) is 3.01. The van der Waals surface area contributed by atoms with Crippen LogP contribution in [-0.4, -0.2) is 18.0 Å². The Labute approximate surface area is 126 Å². The SMILES string of the molecule is O=C(NCc1ccc(Br)s1)C1CC2CCCCC2N1. The Bertz CT molecular complexity index is 448. The highest BCUT2D eigenvalue weighted by Gasteiger charge is 2.37. The van der Waals surface area contributed by atoms with E-state index in [0.29, 0.717) is 12.6 Å². The summed E-state index contributed by atoms with van der Waals surface area (Å²) in [5, 5.41) is 6.57. The van der Waals surface area contributed by atoms with Gasteiger partial charge in [0.1, 0.15) is 0 Å². The molecular weight excluding hydrogens is 324 g/mol. The van der Waals surface area contributed by atoms with Gasteiger partial charge in [-0.3, -0.25) is 4.79 Å². The number of thiophene rings is 1. The summed E-state index contributed by atoms with van der Waals surface area (Å²) < 4.78 is 1.11. The normalized spacial score (nSPS) is 30.1. The molecular formula is C14H19BrN2OS. The third-order valence-electron chi connectivity index (χ3n) is 4.24. The Hall–Kier alpha value is -0.390. The smallest absolute Gasteiger partial charge is 0.237 e. The zero-order valence-corrected chi connectivity index (χ0v) is 13.2. The molecule has 5 heteroatoms. The molecule has 1 saturated heterocycles. The highest BCUT2D eigenvalue weighted by Crippen LogP contribution is 2.33. The van der Waals surface area contributed by atoms with Gasteiger partial charge in [-0.1, -0.05) is 12.8 Å². The molecule has 19 heavy (non-hydrogen) atoms. The molecule has 2 fully saturated rings. The van der Waals surface area contributed by atoms with Crippen molar-refractivity contribution in [1.29, 1.82) is 0 Å². The van der Waals surface area contributed by atoms with Crippen molar-refractivity contribution < 1.29 is 4.79 Å². The molecule has 3 atom stereocenters. The van der Waals surface area contributed by atoms with Crippen LogP contribution < -0.4 is 10.6 Å². The van der Waals surface area contributed by atoms with E-state index in [-0.39, 0.29) is 11.9 Å². The maximum Gasteiger partial charge on any atom is 0.237 e. The molecule has 104 valence electrons. The van der Waals surface area contributed by atoms with Crippen molar-refractivity contribution >= 4 is 33.2 Å². The molecule has 0 radical (unpaired) electrons. The van der Waals surface area contributed by atoms with E-state index in [1.165, 1.54) is 30.6 Å². The van der Waals surface area contributed by atoms with Crippen LogP contribution in [0.1, 0.15) is 37.0 Å². The lowest BCUT2D eigenvalue weighted by molar-refractivity contribution is -0.123. The largest absolute Gasteiger partial charge is 0.350 e. The zero-order valence-electron chi connectivity index (χ0n) is 10.8. The number of rotatable bonds is 3. The molecule has 1 aromatic heterocycles. The van der Waals surface area contributed by atoms with Crippen LogP contribution >= 0.6 is 27.3 Å². The zero-order chi connectivity index (χ0) is 13.2. The van der Waals surface area contributed by atoms with E-state index in [2.05, 4.69) is 32.6 Å². The second-order valence-electron chi connectivity index (χ2n) is 5.53. The van der Waals surface area contributed by atoms with Gasteiger partial charge in [0.05, 0.1) is 16.4 Å². The summed E-state index contributed by atoms with van der Waals surface area (Å²) in [6, 6.07) is 4.68. The first-order valence-electron chi connectivity index (χ1n) is 7.00. The Morgan fingerprint density at radius 3 is 3.00 bits per heavy atom. The summed E-state index contributed by atoms with van der Waals surface area (Å²) in [7, 11) is 0. The van der Waals surface area contributed by atoms with Gasteiger partial charge in [0.2, 0.25) is 5.91 Å². The van der Waals surface area contributed by atoms with Crippen LogP contribution in [0, 0.1) is 5.92 Å². The van der Waals surface area contributed by atoms with E-state index >= 15 is 0 Å². The third-order valence-corrected chi connectivity index (χ3v) is 5.87. The number of carbonyl (C=O) groups is 1. The van der Waals surface area contributed by atoms with Crippen molar-refractivity contribution in [2.75, 3.05) is 0 Å². The molecule has 2 aliphatic rings. The van der Waals surface area contributed by atoms with Crippen LogP contribution in [0.25, 0.3) is 0 Å². The standard InChI is InChI=1S/C14H19BrN2OS/c15-13-6-5-10(19-13)8-16-14(18)12-7-9-3-1-2-4-11(9)17-12/h5-6,9,11-12,17H,1-4,7-8H2,(H,16,18). The lowest BCUT2D eigenvalue weighted by atomic mass is 9.85. The summed E-state index contributed by atoms with van der Waals surface area (Å²) in [4.78, 5) is 13.4. The summed E-state index contributed by atoms with van der Waals surface area (Å²) in [6.07, 6.45) is 6.20. The number of hydrogen-bond acceptors (Lipinski definition) is 3. The van der Waals surface area contributed by atoms with Gasteiger partial charge >= 0.3 is 0 Å². The van der Waals surface area contributed by atoms with E-state index in [0.717, 1.165) is 16.1 Å². The van der Waals surface area contributed by atoms with Crippen LogP contribution in [0.5, 0.6) is 0 Å². The maximum atomic E-state index is 12.2. The minimum Gasteiger partial charge on any atom is -0.350 e. The van der Waals surface area contributed by atoms with Crippen molar-refractivity contribution in [2.45, 2.75) is 50.7 Å². The molecule has 1 amide bonds. The fourth-order valence-corrected chi connectivity index (χ4v) is 4.69. The lowest BCUT2D eigenvalue weighted by Gasteiger charge is -2.24. The number of halogens is 1. The summed E-state index contributed by atoms with van der Waals surface area (Å²) in [5.41, 5.74) is 0. The van der Waals surface area contributed by atoms with Crippen LogP contribution in [0.3, 0.4) is 0 Å². The third kappa shape index (κ3) is 3.20. The predicted octanol–water partition coefficient (Wildman–Crippen LogP) is 3.05. The summed E-state index contributed by atoms with van der Waals surface area (Å²) in [5.74, 6) is 0.888. The van der Waals surface area contributed by atoms with Crippen molar-refractivity contribution in [3.05, 3.63) is 20.8 Å². The monoisotopic (exact) mass is 342 g/mol. The van der Waals surface area contributed by atoms with Gasteiger partial charge in [-0.2, -0.15) is 0 Å². The first kappa shape index (κ1) is 13.6. The molecule has 1 aromatic rings. The number of amides is 1. The average molecular weight is 343 g/mol. The molecule has 1 aliphatic carbocycles. The summed E-state index contributed by atoms with van der Waals surface area (Å²) in [6.45, 7) is 0.641. The van der Waals surface area contributed by atoms with Gasteiger partial charge < -0.3 is 10.6 Å². The molecule has 1 saturated carbocycles. The summed E-state index contributed by atoms with van der Waals surface area (Å²) >= 11 is 5.11. The van der Waals surface area contributed by atoms with Crippen molar-refractivity contribution in [1.82, 2.24) is 10.6 Å². The van der Waals surface area contributed by atoms with Gasteiger partial charge in [-0.15, -0.1) is 11.3 Å². The first-order chi connectivity index (χ1) is 9.22. The molecule has 2 heterocycles. The molecule has 0 spiro atoms. The molecule has 2 N–H and O–H groups in total. The van der Waals surface area contributed by atoms with Gasteiger partial charge in [0.25, 0.3) is 0 Å². The minimum absolute atomic E-state index is 0.0245. The van der Waals surface area contributed by atoms with Gasteiger partial charge in [-0.05, 0) is 53.2 Å².